The Labute approximate surface area is 144 Å². The SMILES string of the molecule is O[C@]12c3ccccc3[C@]1(c1ccc(Cl)cc1)c1ccc(Cl)cc12. The molecule has 2 aliphatic rings. The summed E-state index contributed by atoms with van der Waals surface area (Å²) in [6.45, 7) is 0. The van der Waals surface area contributed by atoms with Gasteiger partial charge >= 0.3 is 0 Å². The van der Waals surface area contributed by atoms with Gasteiger partial charge in [0.05, 0.1) is 5.41 Å². The van der Waals surface area contributed by atoms with Gasteiger partial charge in [-0.1, -0.05) is 65.7 Å². The van der Waals surface area contributed by atoms with Crippen LogP contribution >= 0.6 is 23.2 Å². The molecule has 1 nitrogen and oxygen atoms in total. The van der Waals surface area contributed by atoms with Gasteiger partial charge in [0, 0.05) is 10.0 Å². The number of hydrogen-bond acceptors (Lipinski definition) is 1. The monoisotopic (exact) mass is 338 g/mol. The van der Waals surface area contributed by atoms with E-state index < -0.39 is 11.0 Å². The van der Waals surface area contributed by atoms with Gasteiger partial charge in [-0.25, -0.2) is 0 Å². The van der Waals surface area contributed by atoms with Crippen molar-refractivity contribution in [3.63, 3.8) is 0 Å². The van der Waals surface area contributed by atoms with E-state index in [2.05, 4.69) is 6.07 Å². The Balaban J connectivity index is 1.87. The normalized spacial score (nSPS) is 26.4. The highest BCUT2D eigenvalue weighted by molar-refractivity contribution is 6.31. The lowest BCUT2D eigenvalue weighted by molar-refractivity contribution is -0.0343. The number of hydrogen-bond donors (Lipinski definition) is 1. The maximum Gasteiger partial charge on any atom is 0.133 e. The third kappa shape index (κ3) is 1.32. The number of aliphatic hydroxyl groups is 1. The largest absolute Gasteiger partial charge is 0.379 e. The molecule has 3 heteroatoms. The van der Waals surface area contributed by atoms with E-state index >= 15 is 0 Å². The van der Waals surface area contributed by atoms with Crippen LogP contribution in [-0.2, 0) is 11.0 Å². The molecule has 5 rings (SSSR count). The van der Waals surface area contributed by atoms with Crippen LogP contribution in [0.2, 0.25) is 10.0 Å². The van der Waals surface area contributed by atoms with Crippen LogP contribution in [0.4, 0.5) is 0 Å². The van der Waals surface area contributed by atoms with E-state index in [-0.39, 0.29) is 0 Å². The van der Waals surface area contributed by atoms with E-state index in [0.717, 1.165) is 27.8 Å². The van der Waals surface area contributed by atoms with Gasteiger partial charge in [0.15, 0.2) is 0 Å². The average molecular weight is 339 g/mol. The maximum absolute atomic E-state index is 11.6. The van der Waals surface area contributed by atoms with Gasteiger partial charge in [-0.05, 0) is 52.1 Å². The number of fused-ring (bicyclic) bond motifs is 7. The predicted molar refractivity (Wildman–Crippen MR) is 92.2 cm³/mol. The highest BCUT2D eigenvalue weighted by atomic mass is 35.5. The van der Waals surface area contributed by atoms with Crippen molar-refractivity contribution in [2.75, 3.05) is 0 Å². The highest BCUT2D eigenvalue weighted by Gasteiger charge is 2.73. The van der Waals surface area contributed by atoms with Gasteiger partial charge in [-0.2, -0.15) is 0 Å². The van der Waals surface area contributed by atoms with Crippen LogP contribution in [-0.4, -0.2) is 5.11 Å². The second-order valence-electron chi connectivity index (χ2n) is 6.20. The Hall–Kier alpha value is -1.80. The molecule has 3 aromatic rings. The first-order valence-electron chi connectivity index (χ1n) is 7.49. The van der Waals surface area contributed by atoms with Crippen molar-refractivity contribution >= 4 is 23.2 Å². The minimum absolute atomic E-state index is 0.520. The van der Waals surface area contributed by atoms with Crippen molar-refractivity contribution in [3.8, 4) is 0 Å². The predicted octanol–water partition coefficient (Wildman–Crippen LogP) is 4.89. The molecule has 0 amide bonds. The fraction of sp³-hybridized carbons (Fsp3) is 0.100. The van der Waals surface area contributed by atoms with E-state index in [4.69, 9.17) is 23.2 Å². The Morgan fingerprint density at radius 2 is 1.26 bits per heavy atom. The summed E-state index contributed by atoms with van der Waals surface area (Å²) < 4.78 is 0. The van der Waals surface area contributed by atoms with Crippen molar-refractivity contribution in [1.29, 1.82) is 0 Å². The van der Waals surface area contributed by atoms with Gasteiger partial charge in [-0.3, -0.25) is 0 Å². The third-order valence-electron chi connectivity index (χ3n) is 5.32. The van der Waals surface area contributed by atoms with E-state index in [1.54, 1.807) is 0 Å². The lowest BCUT2D eigenvalue weighted by atomic mass is 9.38. The molecule has 112 valence electrons. The molecule has 0 spiro atoms. The summed E-state index contributed by atoms with van der Waals surface area (Å²) in [5.74, 6) is 0. The summed E-state index contributed by atoms with van der Waals surface area (Å²) in [4.78, 5) is 0. The first kappa shape index (κ1) is 13.6. The van der Waals surface area contributed by atoms with Crippen molar-refractivity contribution in [2.45, 2.75) is 11.0 Å². The molecule has 23 heavy (non-hydrogen) atoms. The van der Waals surface area contributed by atoms with Gasteiger partial charge in [0.25, 0.3) is 0 Å². The average Bonchev–Trinajstić information content (AvgIpc) is 2.57. The molecule has 0 fully saturated rings. The lowest BCUT2D eigenvalue weighted by Crippen LogP contribution is -2.68. The first-order chi connectivity index (χ1) is 11.1. The molecule has 3 aromatic carbocycles. The molecule has 1 N–H and O–H groups in total. The van der Waals surface area contributed by atoms with E-state index in [0.29, 0.717) is 10.0 Å². The van der Waals surface area contributed by atoms with Gasteiger partial charge in [0.2, 0.25) is 0 Å². The Kier molecular flexibility index (Phi) is 2.48. The van der Waals surface area contributed by atoms with Crippen LogP contribution in [0.15, 0.2) is 66.7 Å². The first-order valence-corrected chi connectivity index (χ1v) is 8.24. The lowest BCUT2D eigenvalue weighted by Gasteiger charge is -2.66. The Morgan fingerprint density at radius 3 is 2.00 bits per heavy atom. The van der Waals surface area contributed by atoms with Crippen LogP contribution in [0.5, 0.6) is 0 Å². The smallest absolute Gasteiger partial charge is 0.133 e. The molecule has 0 bridgehead atoms. The molecule has 0 saturated heterocycles. The van der Waals surface area contributed by atoms with Crippen LogP contribution in [0.1, 0.15) is 27.8 Å². The molecule has 2 aliphatic carbocycles. The van der Waals surface area contributed by atoms with Crippen molar-refractivity contribution in [1.82, 2.24) is 0 Å². The third-order valence-corrected chi connectivity index (χ3v) is 5.80. The van der Waals surface area contributed by atoms with Gasteiger partial charge < -0.3 is 5.11 Å². The zero-order valence-corrected chi connectivity index (χ0v) is 13.6. The molecule has 2 atom stereocenters. The van der Waals surface area contributed by atoms with Gasteiger partial charge in [-0.15, -0.1) is 0 Å². The molecule has 0 aromatic heterocycles. The van der Waals surface area contributed by atoms with Crippen LogP contribution in [0, 0.1) is 0 Å². The summed E-state index contributed by atoms with van der Waals surface area (Å²) in [6, 6.07) is 21.6. The molecule has 0 saturated carbocycles. The molecular formula is C20H12Cl2O. The number of halogens is 2. The molecule has 0 unspecified atom stereocenters. The van der Waals surface area contributed by atoms with Crippen LogP contribution in [0.3, 0.4) is 0 Å². The number of benzene rings is 3. The second-order valence-corrected chi connectivity index (χ2v) is 7.08. The quantitative estimate of drug-likeness (QED) is 0.669. The minimum Gasteiger partial charge on any atom is -0.379 e. The molecule has 0 aliphatic heterocycles. The van der Waals surface area contributed by atoms with Crippen molar-refractivity contribution in [2.24, 2.45) is 0 Å². The summed E-state index contributed by atoms with van der Waals surface area (Å²) in [7, 11) is 0. The fourth-order valence-corrected chi connectivity index (χ4v) is 4.75. The van der Waals surface area contributed by atoms with Crippen LogP contribution < -0.4 is 0 Å². The Bertz CT molecular complexity index is 964. The minimum atomic E-state index is -1.02. The zero-order chi connectivity index (χ0) is 15.8. The summed E-state index contributed by atoms with van der Waals surface area (Å²) in [6.07, 6.45) is 0. The fourth-order valence-electron chi connectivity index (χ4n) is 4.45. The topological polar surface area (TPSA) is 20.2 Å². The van der Waals surface area contributed by atoms with Crippen LogP contribution in [0.25, 0.3) is 0 Å². The molecule has 0 radical (unpaired) electrons. The number of rotatable bonds is 1. The highest BCUT2D eigenvalue weighted by Crippen LogP contribution is 2.72. The van der Waals surface area contributed by atoms with Gasteiger partial charge in [0.1, 0.15) is 5.60 Å². The zero-order valence-electron chi connectivity index (χ0n) is 12.1. The summed E-state index contributed by atoms with van der Waals surface area (Å²) in [5, 5.41) is 12.9. The summed E-state index contributed by atoms with van der Waals surface area (Å²) >= 11 is 12.2. The van der Waals surface area contributed by atoms with Crippen molar-refractivity contribution < 1.29 is 5.11 Å². The van der Waals surface area contributed by atoms with E-state index in [9.17, 15) is 5.11 Å². The van der Waals surface area contributed by atoms with E-state index in [1.807, 2.05) is 60.7 Å². The maximum atomic E-state index is 11.6. The molecular weight excluding hydrogens is 327 g/mol. The summed E-state index contributed by atoms with van der Waals surface area (Å²) in [5.41, 5.74) is 3.65. The second kappa shape index (κ2) is 4.18. The van der Waals surface area contributed by atoms with Crippen molar-refractivity contribution in [3.05, 3.63) is 105 Å². The van der Waals surface area contributed by atoms with E-state index in [1.165, 1.54) is 0 Å². The molecule has 0 heterocycles. The Morgan fingerprint density at radius 1 is 0.652 bits per heavy atom. The standard InChI is InChI=1S/C20H12Cl2O/c21-13-7-5-12(6-8-13)19-15-3-1-2-4-17(15)20(19,23)18-11-14(22)9-10-16(18)19/h1-11,23H/t19-,20+/m1/s1.